The fourth-order valence-corrected chi connectivity index (χ4v) is 9.40. The number of carbonyl (C=O) groups is 2. The Bertz CT molecular complexity index is 2050. The van der Waals surface area contributed by atoms with E-state index in [1.165, 1.54) is 16.7 Å². The quantitative estimate of drug-likeness (QED) is 0.148. The number of methoxy groups -OCH3 is 1. The van der Waals surface area contributed by atoms with Gasteiger partial charge in [-0.05, 0) is 97.1 Å². The fourth-order valence-electron chi connectivity index (χ4n) is 9.40. The molecular weight excluding hydrogens is 685 g/mol. The van der Waals surface area contributed by atoms with E-state index in [-0.39, 0.29) is 35.1 Å². The molecule has 7 rings (SSSR count). The van der Waals surface area contributed by atoms with Crippen LogP contribution in [0.15, 0.2) is 108 Å². The number of hydrogen-bond donors (Lipinski definition) is 4. The van der Waals surface area contributed by atoms with Gasteiger partial charge in [-0.1, -0.05) is 106 Å². The number of ether oxygens (including phenoxy) is 1. The lowest BCUT2D eigenvalue weighted by atomic mass is 9.56. The first kappa shape index (κ1) is 38.2. The van der Waals surface area contributed by atoms with E-state index < -0.39 is 11.3 Å². The van der Waals surface area contributed by atoms with Crippen LogP contribution in [0.1, 0.15) is 90.7 Å². The Morgan fingerprint density at radius 3 is 2.22 bits per heavy atom. The van der Waals surface area contributed by atoms with Gasteiger partial charge in [-0.25, -0.2) is 0 Å². The molecule has 2 fully saturated rings. The molecule has 55 heavy (non-hydrogen) atoms. The van der Waals surface area contributed by atoms with Crippen molar-refractivity contribution in [3.63, 3.8) is 0 Å². The van der Waals surface area contributed by atoms with Crippen LogP contribution in [0.5, 0.6) is 5.75 Å². The fraction of sp³-hybridized carbons (Fsp3) is 0.391. The highest BCUT2D eigenvalue weighted by Gasteiger charge is 2.54. The molecule has 4 aromatic rings. The number of benzene rings is 4. The Morgan fingerprint density at radius 1 is 0.873 bits per heavy atom. The Hall–Kier alpha value is -5.12. The Balaban J connectivity index is 1.30. The van der Waals surface area contributed by atoms with Gasteiger partial charge in [0.05, 0.1) is 23.8 Å². The molecule has 0 aromatic heterocycles. The van der Waals surface area contributed by atoms with Gasteiger partial charge in [0.1, 0.15) is 11.6 Å². The van der Waals surface area contributed by atoms with Crippen molar-refractivity contribution >= 4 is 17.5 Å². The second-order valence-corrected chi connectivity index (χ2v) is 16.6. The Morgan fingerprint density at radius 2 is 1.55 bits per heavy atom. The number of amides is 2. The largest absolute Gasteiger partial charge is 0.495 e. The van der Waals surface area contributed by atoms with Crippen LogP contribution in [0.3, 0.4) is 0 Å². The van der Waals surface area contributed by atoms with Gasteiger partial charge in [0.15, 0.2) is 0 Å². The summed E-state index contributed by atoms with van der Waals surface area (Å²) in [7, 11) is 3.79. The molecule has 0 aliphatic carbocycles. The maximum atomic E-state index is 15.3. The van der Waals surface area contributed by atoms with Gasteiger partial charge in [-0.3, -0.25) is 19.4 Å². The van der Waals surface area contributed by atoms with Crippen LogP contribution >= 0.6 is 0 Å². The third kappa shape index (κ3) is 7.35. The summed E-state index contributed by atoms with van der Waals surface area (Å²) in [5.41, 5.74) is 19.1. The van der Waals surface area contributed by atoms with E-state index >= 15 is 4.79 Å². The minimum atomic E-state index is -1.11. The molecule has 9 nitrogen and oxygen atoms in total. The number of piperidine rings is 2. The lowest BCUT2D eigenvalue weighted by Gasteiger charge is -2.50. The number of fused-ring (bicyclic) bond motifs is 1. The molecule has 2 saturated heterocycles. The average molecular weight is 741 g/mol. The topological polar surface area (TPSA) is 126 Å². The van der Waals surface area contributed by atoms with Crippen molar-refractivity contribution in [2.45, 2.75) is 75.9 Å². The molecule has 3 aliphatic heterocycles. The van der Waals surface area contributed by atoms with Crippen LogP contribution in [0, 0.1) is 5.92 Å². The molecule has 3 aliphatic rings. The third-order valence-electron chi connectivity index (χ3n) is 12.3. The average Bonchev–Trinajstić information content (AvgIpc) is 3.18. The SMILES string of the molecule is COc1cccc2c1NC(N)=C(C(=O)NC1CCN(C)C(c3ccc(C(C)(C)C)cc3)C1)C2(c1ccccc1C(N)=O)C1CCN(Cc2ccccc2)CC1. The van der Waals surface area contributed by atoms with E-state index in [1.54, 1.807) is 13.2 Å². The number of carbonyl (C=O) groups excluding carboxylic acids is 2. The number of nitrogens with two attached hydrogens (primary N) is 2. The van der Waals surface area contributed by atoms with Crippen molar-refractivity contribution in [1.29, 1.82) is 0 Å². The van der Waals surface area contributed by atoms with Crippen LogP contribution in [0.2, 0.25) is 0 Å². The number of likely N-dealkylation sites (tertiary alicyclic amines) is 2. The molecule has 0 bridgehead atoms. The van der Waals surface area contributed by atoms with Crippen LogP contribution < -0.4 is 26.8 Å². The van der Waals surface area contributed by atoms with E-state index in [0.717, 1.165) is 57.4 Å². The first-order chi connectivity index (χ1) is 26.4. The summed E-state index contributed by atoms with van der Waals surface area (Å²) in [4.78, 5) is 33.5. The van der Waals surface area contributed by atoms with Crippen molar-refractivity contribution in [3.05, 3.63) is 142 Å². The molecular formula is C46H56N6O3. The summed E-state index contributed by atoms with van der Waals surface area (Å²) in [6, 6.07) is 32.8. The summed E-state index contributed by atoms with van der Waals surface area (Å²) < 4.78 is 5.90. The number of para-hydroxylation sites is 1. The van der Waals surface area contributed by atoms with Gasteiger partial charge in [-0.2, -0.15) is 0 Å². The zero-order chi connectivity index (χ0) is 38.9. The van der Waals surface area contributed by atoms with E-state index in [0.29, 0.717) is 28.1 Å². The first-order valence-corrected chi connectivity index (χ1v) is 19.6. The third-order valence-corrected chi connectivity index (χ3v) is 12.3. The van der Waals surface area contributed by atoms with E-state index in [9.17, 15) is 4.79 Å². The maximum absolute atomic E-state index is 15.3. The molecule has 4 aromatic carbocycles. The highest BCUT2D eigenvalue weighted by atomic mass is 16.5. The smallest absolute Gasteiger partial charge is 0.252 e. The molecule has 288 valence electrons. The summed E-state index contributed by atoms with van der Waals surface area (Å²) in [5, 5.41) is 6.88. The van der Waals surface area contributed by atoms with Gasteiger partial charge >= 0.3 is 0 Å². The van der Waals surface area contributed by atoms with Crippen molar-refractivity contribution in [2.24, 2.45) is 17.4 Å². The van der Waals surface area contributed by atoms with Crippen LogP contribution in [0.4, 0.5) is 5.69 Å². The monoisotopic (exact) mass is 740 g/mol. The molecule has 2 amide bonds. The molecule has 0 saturated carbocycles. The minimum absolute atomic E-state index is 0.0654. The zero-order valence-corrected chi connectivity index (χ0v) is 32.9. The number of rotatable bonds is 9. The number of nitrogens with zero attached hydrogens (tertiary/aromatic N) is 2. The predicted molar refractivity (Wildman–Crippen MR) is 220 cm³/mol. The van der Waals surface area contributed by atoms with Crippen molar-refractivity contribution in [3.8, 4) is 5.75 Å². The highest BCUT2D eigenvalue weighted by molar-refractivity contribution is 6.03. The van der Waals surface area contributed by atoms with Crippen LogP contribution in [-0.2, 0) is 22.2 Å². The van der Waals surface area contributed by atoms with Gasteiger partial charge < -0.3 is 26.8 Å². The molecule has 0 spiro atoms. The molecule has 3 atom stereocenters. The second-order valence-electron chi connectivity index (χ2n) is 16.6. The van der Waals surface area contributed by atoms with Gasteiger partial charge in [0, 0.05) is 30.7 Å². The minimum Gasteiger partial charge on any atom is -0.495 e. The first-order valence-electron chi connectivity index (χ1n) is 19.6. The second kappa shape index (κ2) is 15.6. The van der Waals surface area contributed by atoms with Crippen molar-refractivity contribution in [2.75, 3.05) is 39.1 Å². The normalized spacial score (nSPS) is 22.4. The molecule has 3 unspecified atom stereocenters. The summed E-state index contributed by atoms with van der Waals surface area (Å²) in [6.07, 6.45) is 3.08. The maximum Gasteiger partial charge on any atom is 0.252 e. The highest BCUT2D eigenvalue weighted by Crippen LogP contribution is 2.56. The number of nitrogens with one attached hydrogen (secondary N) is 2. The molecule has 3 heterocycles. The lowest BCUT2D eigenvalue weighted by Crippen LogP contribution is -2.54. The predicted octanol–water partition coefficient (Wildman–Crippen LogP) is 6.84. The Labute approximate surface area is 326 Å². The summed E-state index contributed by atoms with van der Waals surface area (Å²) in [6.45, 7) is 9.98. The van der Waals surface area contributed by atoms with Gasteiger partial charge in [-0.15, -0.1) is 0 Å². The summed E-state index contributed by atoms with van der Waals surface area (Å²) >= 11 is 0. The van der Waals surface area contributed by atoms with E-state index in [1.807, 2.05) is 42.5 Å². The number of primary amides is 1. The summed E-state index contributed by atoms with van der Waals surface area (Å²) in [5.74, 6) is -0.0196. The molecule has 9 heteroatoms. The Kier molecular flexibility index (Phi) is 10.8. The van der Waals surface area contributed by atoms with E-state index in [4.69, 9.17) is 16.2 Å². The van der Waals surface area contributed by atoms with Gasteiger partial charge in [0.25, 0.3) is 5.91 Å². The zero-order valence-electron chi connectivity index (χ0n) is 32.9. The van der Waals surface area contributed by atoms with Crippen LogP contribution in [-0.4, -0.2) is 61.4 Å². The van der Waals surface area contributed by atoms with Crippen molar-refractivity contribution < 1.29 is 14.3 Å². The molecule has 0 radical (unpaired) electrons. The lowest BCUT2D eigenvalue weighted by molar-refractivity contribution is -0.119. The standard InChI is InChI=1S/C46H56N6O3/c1-45(2,3)32-20-18-31(19-21-32)38-28-34(24-25-51(38)4)49-44(54)40-42(47)50-41-37(16-11-17-39(41)55-5)46(40,36-15-10-9-14-35(36)43(48)53)33-22-26-52(27-23-33)29-30-12-7-6-8-13-30/h6-21,33-34,38,50H,22-29,47H2,1-5H3,(H2,48,53)(H,49,54). The van der Waals surface area contributed by atoms with Gasteiger partial charge in [0.2, 0.25) is 5.91 Å². The number of anilines is 1. The van der Waals surface area contributed by atoms with Crippen LogP contribution in [0.25, 0.3) is 0 Å². The number of hydrogen-bond acceptors (Lipinski definition) is 7. The van der Waals surface area contributed by atoms with E-state index in [2.05, 4.69) is 96.8 Å². The molecule has 6 N–H and O–H groups in total. The van der Waals surface area contributed by atoms with Crippen molar-refractivity contribution in [1.82, 2.24) is 15.1 Å².